The molecule has 3 nitrogen and oxygen atoms in total. The number of nitrogens with two attached hydrogens (primary N) is 2. The normalized spacial score (nSPS) is 14.2. The van der Waals surface area contributed by atoms with Crippen LogP contribution in [0.25, 0.3) is 0 Å². The summed E-state index contributed by atoms with van der Waals surface area (Å²) in [5.41, 5.74) is 12.3. The van der Waals surface area contributed by atoms with E-state index in [1.165, 1.54) is 6.26 Å². The molecule has 0 aromatic heterocycles. The fraction of sp³-hybridized carbons (Fsp3) is 0.400. The molecule has 0 rings (SSSR count). The van der Waals surface area contributed by atoms with Gasteiger partial charge in [0, 0.05) is 5.70 Å². The van der Waals surface area contributed by atoms with Crippen LogP contribution in [-0.2, 0) is 4.74 Å². The summed E-state index contributed by atoms with van der Waals surface area (Å²) in [6, 6.07) is 0. The van der Waals surface area contributed by atoms with Gasteiger partial charge in [0.25, 0.3) is 0 Å². The topological polar surface area (TPSA) is 61.3 Å². The van der Waals surface area contributed by atoms with E-state index in [-0.39, 0.29) is 6.10 Å². The Balaban J connectivity index is 4.18. The molecule has 3 heteroatoms. The number of rotatable bonds is 4. The van der Waals surface area contributed by atoms with Crippen molar-refractivity contribution in [1.29, 1.82) is 0 Å². The lowest BCUT2D eigenvalue weighted by molar-refractivity contribution is 0.177. The minimum absolute atomic E-state index is 0.134. The van der Waals surface area contributed by atoms with Crippen LogP contribution in [0.3, 0.4) is 0 Å². The third-order valence-corrected chi connectivity index (χ3v) is 1.17. The van der Waals surface area contributed by atoms with Gasteiger partial charge in [-0.1, -0.05) is 6.08 Å². The van der Waals surface area contributed by atoms with Gasteiger partial charge in [0.15, 0.2) is 0 Å². The molecule has 0 atom stereocenters. The van der Waals surface area contributed by atoms with E-state index in [9.17, 15) is 0 Å². The highest BCUT2D eigenvalue weighted by Crippen LogP contribution is 1.96. The number of hydrogen-bond donors (Lipinski definition) is 2. The molecule has 4 N–H and O–H groups in total. The first-order chi connectivity index (χ1) is 6.06. The number of ether oxygens (including phenoxy) is 1. The van der Waals surface area contributed by atoms with E-state index < -0.39 is 0 Å². The summed E-state index contributed by atoms with van der Waals surface area (Å²) in [6.45, 7) is 5.76. The Bertz CT molecular complexity index is 227. The summed E-state index contributed by atoms with van der Waals surface area (Å²) in [7, 11) is 0. The summed E-state index contributed by atoms with van der Waals surface area (Å²) in [5.74, 6) is 0. The molecule has 0 aromatic rings. The van der Waals surface area contributed by atoms with Crippen LogP contribution in [-0.4, -0.2) is 6.10 Å². The molecular weight excluding hydrogens is 164 g/mol. The van der Waals surface area contributed by atoms with E-state index >= 15 is 0 Å². The van der Waals surface area contributed by atoms with Crippen molar-refractivity contribution in [2.75, 3.05) is 0 Å². The molecule has 0 bridgehead atoms. The zero-order valence-electron chi connectivity index (χ0n) is 8.45. The van der Waals surface area contributed by atoms with Crippen LogP contribution in [0, 0.1) is 0 Å². The highest BCUT2D eigenvalue weighted by molar-refractivity contribution is 5.24. The van der Waals surface area contributed by atoms with Crippen molar-refractivity contribution < 1.29 is 4.74 Å². The Morgan fingerprint density at radius 3 is 2.31 bits per heavy atom. The van der Waals surface area contributed by atoms with Gasteiger partial charge in [-0.05, 0) is 32.9 Å². The monoisotopic (exact) mass is 182 g/mol. The Labute approximate surface area is 79.7 Å². The lowest BCUT2D eigenvalue weighted by Crippen LogP contribution is -2.03. The van der Waals surface area contributed by atoms with Crippen molar-refractivity contribution in [2.24, 2.45) is 11.5 Å². The van der Waals surface area contributed by atoms with Crippen molar-refractivity contribution >= 4 is 0 Å². The fourth-order valence-electron chi connectivity index (χ4n) is 0.682. The van der Waals surface area contributed by atoms with Crippen LogP contribution in [0.15, 0.2) is 35.9 Å². The number of allylic oxidation sites excluding steroid dienone is 3. The molecule has 0 amide bonds. The lowest BCUT2D eigenvalue weighted by Gasteiger charge is -2.04. The molecule has 0 spiro atoms. The minimum Gasteiger partial charge on any atom is -0.496 e. The fourth-order valence-corrected chi connectivity index (χ4v) is 0.682. The summed E-state index contributed by atoms with van der Waals surface area (Å²) in [4.78, 5) is 0. The minimum atomic E-state index is 0.134. The third kappa shape index (κ3) is 7.00. The molecule has 0 saturated carbocycles. The molecule has 0 aliphatic heterocycles. The maximum atomic E-state index is 5.60. The molecule has 0 aliphatic carbocycles. The second-order valence-electron chi connectivity index (χ2n) is 2.95. The summed E-state index contributed by atoms with van der Waals surface area (Å²) >= 11 is 0. The first kappa shape index (κ1) is 11.6. The zero-order chi connectivity index (χ0) is 10.3. The molecule has 0 heterocycles. The SMILES string of the molecule is C\C=C/C(N)=C\C(N)=C\OC(C)C. The summed E-state index contributed by atoms with van der Waals surface area (Å²) in [5, 5.41) is 0. The molecule has 0 fully saturated rings. The van der Waals surface area contributed by atoms with Gasteiger partial charge >= 0.3 is 0 Å². The predicted octanol–water partition coefficient (Wildman–Crippen LogP) is 1.63. The molecule has 74 valence electrons. The largest absolute Gasteiger partial charge is 0.496 e. The second kappa shape index (κ2) is 6.17. The van der Waals surface area contributed by atoms with Gasteiger partial charge in [0.2, 0.25) is 0 Å². The molecule has 0 unspecified atom stereocenters. The van der Waals surface area contributed by atoms with Gasteiger partial charge in [-0.3, -0.25) is 0 Å². The van der Waals surface area contributed by atoms with E-state index in [0.717, 1.165) is 0 Å². The summed E-state index contributed by atoms with van der Waals surface area (Å²) < 4.78 is 5.17. The highest BCUT2D eigenvalue weighted by atomic mass is 16.5. The highest BCUT2D eigenvalue weighted by Gasteiger charge is 1.90. The molecule has 0 aromatic carbocycles. The van der Waals surface area contributed by atoms with Gasteiger partial charge < -0.3 is 16.2 Å². The van der Waals surface area contributed by atoms with Crippen LogP contribution >= 0.6 is 0 Å². The quantitative estimate of drug-likeness (QED) is 0.513. The molecule has 0 radical (unpaired) electrons. The van der Waals surface area contributed by atoms with Gasteiger partial charge in [-0.25, -0.2) is 0 Å². The van der Waals surface area contributed by atoms with Gasteiger partial charge in [0.05, 0.1) is 11.8 Å². The Kier molecular flexibility index (Phi) is 5.52. The van der Waals surface area contributed by atoms with Gasteiger partial charge in [0.1, 0.15) is 6.26 Å². The third-order valence-electron chi connectivity index (χ3n) is 1.17. The van der Waals surface area contributed by atoms with Crippen LogP contribution in [0.1, 0.15) is 20.8 Å². The molecule has 13 heavy (non-hydrogen) atoms. The van der Waals surface area contributed by atoms with E-state index in [1.54, 1.807) is 12.2 Å². The van der Waals surface area contributed by atoms with Crippen LogP contribution in [0.2, 0.25) is 0 Å². The van der Waals surface area contributed by atoms with Crippen LogP contribution < -0.4 is 11.5 Å². The van der Waals surface area contributed by atoms with Gasteiger partial charge in [-0.15, -0.1) is 0 Å². The first-order valence-corrected chi connectivity index (χ1v) is 4.27. The standard InChI is InChI=1S/C10H18N2O/c1-4-5-9(11)6-10(12)7-13-8(2)3/h4-8H,11-12H2,1-3H3/b5-4-,9-6+,10-7-. The van der Waals surface area contributed by atoms with Crippen molar-refractivity contribution in [2.45, 2.75) is 26.9 Å². The average molecular weight is 182 g/mol. The van der Waals surface area contributed by atoms with E-state index in [1.807, 2.05) is 26.8 Å². The molecule has 0 saturated heterocycles. The van der Waals surface area contributed by atoms with Crippen LogP contribution in [0.4, 0.5) is 0 Å². The molecular formula is C10H18N2O. The first-order valence-electron chi connectivity index (χ1n) is 4.27. The smallest absolute Gasteiger partial charge is 0.106 e. The molecule has 0 aliphatic rings. The van der Waals surface area contributed by atoms with Crippen molar-refractivity contribution in [3.63, 3.8) is 0 Å². The van der Waals surface area contributed by atoms with E-state index in [2.05, 4.69) is 0 Å². The zero-order valence-corrected chi connectivity index (χ0v) is 8.45. The Morgan fingerprint density at radius 2 is 1.85 bits per heavy atom. The van der Waals surface area contributed by atoms with Crippen molar-refractivity contribution in [3.05, 3.63) is 35.9 Å². The summed E-state index contributed by atoms with van der Waals surface area (Å²) in [6.07, 6.45) is 6.91. The lowest BCUT2D eigenvalue weighted by atomic mass is 10.3. The van der Waals surface area contributed by atoms with Crippen molar-refractivity contribution in [3.8, 4) is 0 Å². The van der Waals surface area contributed by atoms with E-state index in [4.69, 9.17) is 16.2 Å². The average Bonchev–Trinajstić information content (AvgIpc) is 2.01. The van der Waals surface area contributed by atoms with Crippen molar-refractivity contribution in [1.82, 2.24) is 0 Å². The van der Waals surface area contributed by atoms with E-state index in [0.29, 0.717) is 11.4 Å². The number of hydrogen-bond acceptors (Lipinski definition) is 3. The second-order valence-corrected chi connectivity index (χ2v) is 2.95. The Hall–Kier alpha value is -1.38. The predicted molar refractivity (Wildman–Crippen MR) is 55.6 cm³/mol. The van der Waals surface area contributed by atoms with Crippen LogP contribution in [0.5, 0.6) is 0 Å². The van der Waals surface area contributed by atoms with Gasteiger partial charge in [-0.2, -0.15) is 0 Å². The maximum Gasteiger partial charge on any atom is 0.106 e. The Morgan fingerprint density at radius 1 is 1.23 bits per heavy atom. The maximum absolute atomic E-state index is 5.60.